The van der Waals surface area contributed by atoms with E-state index >= 15 is 0 Å². The van der Waals surface area contributed by atoms with E-state index in [1.807, 2.05) is 38.1 Å². The summed E-state index contributed by atoms with van der Waals surface area (Å²) >= 11 is 0. The minimum Gasteiger partial charge on any atom is -0.496 e. The van der Waals surface area contributed by atoms with Crippen LogP contribution in [0.5, 0.6) is 34.5 Å². The number of carbonyl (C=O) groups is 4. The number of aryl methyl sites for hydroxylation is 2. The van der Waals surface area contributed by atoms with Crippen molar-refractivity contribution < 1.29 is 47.6 Å². The van der Waals surface area contributed by atoms with Gasteiger partial charge in [0.05, 0.1) is 37.0 Å². The van der Waals surface area contributed by atoms with E-state index in [-0.39, 0.29) is 39.8 Å². The number of rotatable bonds is 17. The third-order valence-electron chi connectivity index (χ3n) is 9.83. The molecule has 0 aliphatic heterocycles. The monoisotopic (exact) mass is 838 g/mol. The molecule has 322 valence electrons. The number of ketones is 1. The van der Waals surface area contributed by atoms with Crippen molar-refractivity contribution in [1.29, 1.82) is 0 Å². The van der Waals surface area contributed by atoms with Gasteiger partial charge in [0, 0.05) is 11.5 Å². The summed E-state index contributed by atoms with van der Waals surface area (Å²) in [5.74, 6) is 2.15. The van der Waals surface area contributed by atoms with Gasteiger partial charge in [-0.2, -0.15) is 0 Å². The van der Waals surface area contributed by atoms with Crippen LogP contribution in [0.15, 0.2) is 133 Å². The van der Waals surface area contributed by atoms with Crippen LogP contribution in [-0.2, 0) is 9.47 Å². The molecule has 0 heterocycles. The van der Waals surface area contributed by atoms with Crippen LogP contribution in [0.3, 0.4) is 0 Å². The summed E-state index contributed by atoms with van der Waals surface area (Å²) < 4.78 is 33.6. The summed E-state index contributed by atoms with van der Waals surface area (Å²) in [6.45, 7) is 7.93. The number of benzene rings is 6. The standard InChI is InChI=1S/C50H46O10.2CH4/c1-32-30-40(16-26-46(32)55-5)34(3)41-17-27-47(33(2)31-41)60-50(54)39-14-24-45(25-15-39)59-44-22-12-38(13-23-44)49(53)57-29-7-6-28-56-48(52)37-10-20-43(21-11-37)58-42-18-8-36(9-19-42)35(4)51;;/h8-27,30-31,34H,6-7,28-29H2,1-5H3;2*1H4. The van der Waals surface area contributed by atoms with Crippen molar-refractivity contribution in [2.24, 2.45) is 0 Å². The number of Topliss-reactive ketones (excluding diaryl/α,β-unsaturated/α-hetero) is 1. The molecule has 0 N–H and O–H groups in total. The Kier molecular flexibility index (Phi) is 17.2. The summed E-state index contributed by atoms with van der Waals surface area (Å²) in [5, 5.41) is 0. The van der Waals surface area contributed by atoms with Gasteiger partial charge < -0.3 is 28.4 Å². The Hall–Kier alpha value is -7.20. The fourth-order valence-electron chi connectivity index (χ4n) is 6.29. The molecule has 6 aromatic carbocycles. The molecule has 0 saturated heterocycles. The molecule has 10 nitrogen and oxygen atoms in total. The molecule has 0 fully saturated rings. The number of esters is 3. The average Bonchev–Trinajstić information content (AvgIpc) is 3.26. The van der Waals surface area contributed by atoms with Crippen LogP contribution in [-0.4, -0.2) is 44.0 Å². The van der Waals surface area contributed by atoms with E-state index in [4.69, 9.17) is 28.4 Å². The number of methoxy groups -OCH3 is 1. The zero-order chi connectivity index (χ0) is 42.6. The van der Waals surface area contributed by atoms with Crippen molar-refractivity contribution in [3.8, 4) is 34.5 Å². The number of ether oxygens (including phenoxy) is 6. The highest BCUT2D eigenvalue weighted by Gasteiger charge is 2.16. The lowest BCUT2D eigenvalue weighted by atomic mass is 9.91. The first kappa shape index (κ1) is 47.5. The molecule has 6 aromatic rings. The fraction of sp³-hybridized carbons (Fsp3) is 0.231. The zero-order valence-corrected chi connectivity index (χ0v) is 34.2. The maximum Gasteiger partial charge on any atom is 0.343 e. The van der Waals surface area contributed by atoms with Crippen LogP contribution in [0.2, 0.25) is 0 Å². The van der Waals surface area contributed by atoms with Crippen molar-refractivity contribution >= 4 is 23.7 Å². The molecule has 1 atom stereocenters. The third-order valence-corrected chi connectivity index (χ3v) is 9.83. The summed E-state index contributed by atoms with van der Waals surface area (Å²) in [4.78, 5) is 49.5. The predicted octanol–water partition coefficient (Wildman–Crippen LogP) is 12.5. The highest BCUT2D eigenvalue weighted by atomic mass is 16.5. The first-order valence-corrected chi connectivity index (χ1v) is 19.6. The number of carbonyl (C=O) groups excluding carboxylic acids is 4. The lowest BCUT2D eigenvalue weighted by Crippen LogP contribution is -2.09. The van der Waals surface area contributed by atoms with Gasteiger partial charge in [0.25, 0.3) is 0 Å². The molecule has 1 unspecified atom stereocenters. The molecule has 10 heteroatoms. The van der Waals surface area contributed by atoms with Gasteiger partial charge in [0.15, 0.2) is 5.78 Å². The minimum atomic E-state index is -0.482. The van der Waals surface area contributed by atoms with Crippen molar-refractivity contribution in [3.05, 3.63) is 178 Å². The first-order valence-electron chi connectivity index (χ1n) is 19.6. The molecule has 0 aliphatic carbocycles. The Morgan fingerprint density at radius 2 is 0.839 bits per heavy atom. The summed E-state index contributed by atoms with van der Waals surface area (Å²) in [5.41, 5.74) is 5.92. The normalized spacial score (nSPS) is 10.9. The molecule has 0 aliphatic rings. The Bertz CT molecular complexity index is 2440. The van der Waals surface area contributed by atoms with Gasteiger partial charge in [0.1, 0.15) is 34.5 Å². The van der Waals surface area contributed by atoms with Crippen LogP contribution in [0.25, 0.3) is 0 Å². The van der Waals surface area contributed by atoms with Gasteiger partial charge in [-0.25, -0.2) is 14.4 Å². The zero-order valence-electron chi connectivity index (χ0n) is 34.2. The Morgan fingerprint density at radius 1 is 0.484 bits per heavy atom. The van der Waals surface area contributed by atoms with Crippen molar-refractivity contribution in [2.45, 2.75) is 61.3 Å². The lowest BCUT2D eigenvalue weighted by molar-refractivity contribution is 0.0432. The Morgan fingerprint density at radius 3 is 1.19 bits per heavy atom. The van der Waals surface area contributed by atoms with Crippen molar-refractivity contribution in [3.63, 3.8) is 0 Å². The maximum atomic E-state index is 13.0. The summed E-state index contributed by atoms with van der Waals surface area (Å²) in [6, 6.07) is 38.5. The molecule has 62 heavy (non-hydrogen) atoms. The number of hydrogen-bond donors (Lipinski definition) is 0. The predicted molar refractivity (Wildman–Crippen MR) is 241 cm³/mol. The van der Waals surface area contributed by atoms with Crippen LogP contribution in [0, 0.1) is 13.8 Å². The van der Waals surface area contributed by atoms with Gasteiger partial charge in [-0.15, -0.1) is 0 Å². The molecule has 0 spiro atoms. The highest BCUT2D eigenvalue weighted by Crippen LogP contribution is 2.32. The van der Waals surface area contributed by atoms with Gasteiger partial charge in [-0.05, 0) is 165 Å². The SMILES string of the molecule is C.C.COc1ccc(C(C)c2ccc(OC(=O)c3ccc(Oc4ccc(C(=O)OCCCCOC(=O)c5ccc(Oc6ccc(C(C)=O)cc6)cc5)cc4)cc3)c(C)c2)cc1C. The quantitative estimate of drug-likeness (QED) is 0.0379. The average molecular weight is 839 g/mol. The molecule has 6 rings (SSSR count). The second kappa shape index (κ2) is 22.4. The second-order valence-corrected chi connectivity index (χ2v) is 14.2. The lowest BCUT2D eigenvalue weighted by Gasteiger charge is -2.16. The van der Waals surface area contributed by atoms with E-state index in [2.05, 4.69) is 19.1 Å². The Balaban J connectivity index is 0.00000422. The second-order valence-electron chi connectivity index (χ2n) is 14.2. The highest BCUT2D eigenvalue weighted by molar-refractivity contribution is 5.94. The van der Waals surface area contributed by atoms with Gasteiger partial charge in [-0.3, -0.25) is 4.79 Å². The van der Waals surface area contributed by atoms with E-state index in [0.717, 1.165) is 22.4 Å². The molecule has 0 bridgehead atoms. The molecule has 0 saturated carbocycles. The molecule has 0 radical (unpaired) electrons. The first-order chi connectivity index (χ1) is 29.0. The number of unbranched alkanes of at least 4 members (excludes halogenated alkanes) is 1. The van der Waals surface area contributed by atoms with E-state index in [0.29, 0.717) is 63.8 Å². The van der Waals surface area contributed by atoms with Gasteiger partial charge >= 0.3 is 17.9 Å². The van der Waals surface area contributed by atoms with E-state index in [9.17, 15) is 19.2 Å². The molecule has 0 amide bonds. The molecular weight excluding hydrogens is 785 g/mol. The van der Waals surface area contributed by atoms with Gasteiger partial charge in [-0.1, -0.05) is 46.0 Å². The largest absolute Gasteiger partial charge is 0.496 e. The van der Waals surface area contributed by atoms with Crippen LogP contribution < -0.4 is 18.9 Å². The van der Waals surface area contributed by atoms with Crippen LogP contribution >= 0.6 is 0 Å². The smallest absolute Gasteiger partial charge is 0.343 e. The minimum absolute atomic E-state index is 0. The van der Waals surface area contributed by atoms with E-state index in [1.165, 1.54) is 12.5 Å². The maximum absolute atomic E-state index is 13.0. The topological polar surface area (TPSA) is 124 Å². The van der Waals surface area contributed by atoms with E-state index in [1.54, 1.807) is 104 Å². The number of hydrogen-bond acceptors (Lipinski definition) is 10. The summed E-state index contributed by atoms with van der Waals surface area (Å²) in [7, 11) is 1.67. The molecular formula is C52H54O10. The van der Waals surface area contributed by atoms with E-state index < -0.39 is 17.9 Å². The molecule has 0 aromatic heterocycles. The third kappa shape index (κ3) is 12.7. The van der Waals surface area contributed by atoms with Crippen LogP contribution in [0.1, 0.15) is 111 Å². The summed E-state index contributed by atoms with van der Waals surface area (Å²) in [6.07, 6.45) is 1.02. The van der Waals surface area contributed by atoms with Gasteiger partial charge in [0.2, 0.25) is 0 Å². The fourth-order valence-corrected chi connectivity index (χ4v) is 6.29. The Labute approximate surface area is 364 Å². The van der Waals surface area contributed by atoms with Crippen molar-refractivity contribution in [1.82, 2.24) is 0 Å². The van der Waals surface area contributed by atoms with Crippen LogP contribution in [0.4, 0.5) is 0 Å². The van der Waals surface area contributed by atoms with Crippen molar-refractivity contribution in [2.75, 3.05) is 20.3 Å².